The lowest BCUT2D eigenvalue weighted by atomic mass is 10.2. The molecule has 2 heterocycles. The van der Waals surface area contributed by atoms with Crippen LogP contribution in [-0.4, -0.2) is 16.5 Å². The van der Waals surface area contributed by atoms with Crippen molar-refractivity contribution in [2.24, 2.45) is 0 Å². The number of aromatic nitrogens is 2. The van der Waals surface area contributed by atoms with Crippen LogP contribution < -0.4 is 5.32 Å². The van der Waals surface area contributed by atoms with Crippen LogP contribution in [0.5, 0.6) is 0 Å². The Kier molecular flexibility index (Phi) is 3.35. The molecular formula is C12H17N3. The molecule has 3 heteroatoms. The summed E-state index contributed by atoms with van der Waals surface area (Å²) in [6.07, 6.45) is 6.20. The van der Waals surface area contributed by atoms with Crippen molar-refractivity contribution in [1.29, 1.82) is 0 Å². The molecule has 0 unspecified atom stereocenters. The van der Waals surface area contributed by atoms with E-state index < -0.39 is 0 Å². The van der Waals surface area contributed by atoms with Gasteiger partial charge in [-0.2, -0.15) is 0 Å². The smallest absolute Gasteiger partial charge is 0.123 e. The van der Waals surface area contributed by atoms with Crippen LogP contribution in [0.25, 0.3) is 0 Å². The van der Waals surface area contributed by atoms with E-state index in [1.165, 1.54) is 18.4 Å². The first kappa shape index (κ1) is 10.2. The van der Waals surface area contributed by atoms with Crippen molar-refractivity contribution < 1.29 is 0 Å². The molecule has 1 aliphatic rings. The van der Waals surface area contributed by atoms with E-state index in [0.717, 1.165) is 12.4 Å². The van der Waals surface area contributed by atoms with Gasteiger partial charge >= 0.3 is 0 Å². The first-order valence-corrected chi connectivity index (χ1v) is 5.44. The molecule has 1 aromatic heterocycles. The first-order chi connectivity index (χ1) is 7.36. The van der Waals surface area contributed by atoms with Gasteiger partial charge in [0, 0.05) is 12.4 Å². The second-order valence-corrected chi connectivity index (χ2v) is 3.89. The third kappa shape index (κ3) is 2.80. The van der Waals surface area contributed by atoms with Crippen LogP contribution in [0.2, 0.25) is 0 Å². The second kappa shape index (κ2) is 4.94. The lowest BCUT2D eigenvalue weighted by Gasteiger charge is -2.06. The van der Waals surface area contributed by atoms with Gasteiger partial charge in [-0.25, -0.2) is 4.98 Å². The number of hydrogen-bond donors (Lipinski definition) is 2. The summed E-state index contributed by atoms with van der Waals surface area (Å²) in [5.41, 5.74) is 1.22. The maximum atomic E-state index is 4.43. The Labute approximate surface area is 90.3 Å². The topological polar surface area (TPSA) is 40.7 Å². The second-order valence-electron chi connectivity index (χ2n) is 3.89. The predicted octanol–water partition coefficient (Wildman–Crippen LogP) is 2.27. The zero-order chi connectivity index (χ0) is 10.5. The number of H-pyrrole nitrogens is 1. The molecule has 1 atom stereocenters. The lowest BCUT2D eigenvalue weighted by Crippen LogP contribution is -2.14. The highest BCUT2D eigenvalue weighted by Crippen LogP contribution is 2.18. The molecule has 0 aromatic carbocycles. The Morgan fingerprint density at radius 1 is 1.40 bits per heavy atom. The van der Waals surface area contributed by atoms with Gasteiger partial charge in [0.1, 0.15) is 5.82 Å². The Balaban J connectivity index is 2.32. The van der Waals surface area contributed by atoms with E-state index in [1.54, 1.807) is 0 Å². The number of hydrogen-bond acceptors (Lipinski definition) is 2. The molecule has 3 nitrogen and oxygen atoms in total. The van der Waals surface area contributed by atoms with Gasteiger partial charge in [-0.15, -0.1) is 0 Å². The Morgan fingerprint density at radius 2 is 2.33 bits per heavy atom. The average molecular weight is 203 g/mol. The average Bonchev–Trinajstić information content (AvgIpc) is 2.74. The van der Waals surface area contributed by atoms with Gasteiger partial charge in [0.05, 0.1) is 6.04 Å². The quantitative estimate of drug-likeness (QED) is 0.735. The highest BCUT2D eigenvalue weighted by atomic mass is 15.0. The predicted molar refractivity (Wildman–Crippen MR) is 60.9 cm³/mol. The van der Waals surface area contributed by atoms with E-state index in [9.17, 15) is 0 Å². The van der Waals surface area contributed by atoms with Gasteiger partial charge < -0.3 is 10.3 Å². The van der Waals surface area contributed by atoms with E-state index in [2.05, 4.69) is 28.3 Å². The monoisotopic (exact) mass is 203 g/mol. The summed E-state index contributed by atoms with van der Waals surface area (Å²) in [5.74, 6) is 1.02. The fourth-order valence-electron chi connectivity index (χ4n) is 1.78. The zero-order valence-electron chi connectivity index (χ0n) is 9.03. The minimum absolute atomic E-state index is 0.387. The lowest BCUT2D eigenvalue weighted by molar-refractivity contribution is 0.607. The summed E-state index contributed by atoms with van der Waals surface area (Å²) >= 11 is 0. The van der Waals surface area contributed by atoms with Crippen LogP contribution >= 0.6 is 0 Å². The molecule has 0 saturated carbocycles. The number of nitrogens with zero attached hydrogens (tertiary/aromatic N) is 1. The maximum Gasteiger partial charge on any atom is 0.123 e. The molecule has 15 heavy (non-hydrogen) atoms. The molecular weight excluding hydrogens is 186 g/mol. The largest absolute Gasteiger partial charge is 0.349 e. The molecule has 0 aliphatic carbocycles. The van der Waals surface area contributed by atoms with Gasteiger partial charge in [0.25, 0.3) is 0 Å². The van der Waals surface area contributed by atoms with Crippen LogP contribution in [0.3, 0.4) is 0 Å². The Hall–Kier alpha value is -1.35. The highest BCUT2D eigenvalue weighted by molar-refractivity contribution is 5.07. The Morgan fingerprint density at radius 3 is 3.13 bits per heavy atom. The molecule has 1 saturated heterocycles. The van der Waals surface area contributed by atoms with Crippen molar-refractivity contribution in [3.05, 3.63) is 42.0 Å². The summed E-state index contributed by atoms with van der Waals surface area (Å²) < 4.78 is 0. The maximum absolute atomic E-state index is 4.43. The van der Waals surface area contributed by atoms with Gasteiger partial charge in [0.15, 0.2) is 0 Å². The fraction of sp³-hybridized carbons (Fsp3) is 0.417. The molecule has 1 aromatic rings. The van der Waals surface area contributed by atoms with Gasteiger partial charge in [-0.3, -0.25) is 0 Å². The molecule has 0 radical (unpaired) electrons. The number of nitrogens with one attached hydrogen (secondary N) is 2. The van der Waals surface area contributed by atoms with Crippen LogP contribution in [0, 0.1) is 6.92 Å². The van der Waals surface area contributed by atoms with Crippen LogP contribution in [0.1, 0.15) is 30.3 Å². The van der Waals surface area contributed by atoms with E-state index in [0.29, 0.717) is 6.04 Å². The number of aryl methyl sites for hydroxylation is 1. The minimum atomic E-state index is 0.387. The number of rotatable bonds is 1. The van der Waals surface area contributed by atoms with Crippen molar-refractivity contribution in [2.75, 3.05) is 6.54 Å². The molecule has 80 valence electrons. The van der Waals surface area contributed by atoms with Crippen molar-refractivity contribution in [2.45, 2.75) is 25.8 Å². The SMILES string of the molecule is Cc1cccnc([C@@H]2CCCN2)[nH]cc1. The van der Waals surface area contributed by atoms with Crippen LogP contribution in [-0.2, 0) is 0 Å². The molecule has 0 bridgehead atoms. The molecule has 2 rings (SSSR count). The van der Waals surface area contributed by atoms with Crippen molar-refractivity contribution in [3.63, 3.8) is 0 Å². The van der Waals surface area contributed by atoms with Gasteiger partial charge in [-0.05, 0) is 44.0 Å². The zero-order valence-corrected chi connectivity index (χ0v) is 9.03. The van der Waals surface area contributed by atoms with Gasteiger partial charge in [-0.1, -0.05) is 6.07 Å². The normalized spacial score (nSPS) is 19.9. The molecule has 1 fully saturated rings. The minimum Gasteiger partial charge on any atom is -0.349 e. The summed E-state index contributed by atoms with van der Waals surface area (Å²) in [7, 11) is 0. The molecule has 2 N–H and O–H groups in total. The van der Waals surface area contributed by atoms with E-state index in [-0.39, 0.29) is 0 Å². The molecule has 1 aliphatic heterocycles. The summed E-state index contributed by atoms with van der Waals surface area (Å²) in [6.45, 7) is 3.16. The van der Waals surface area contributed by atoms with Gasteiger partial charge in [0.2, 0.25) is 0 Å². The molecule has 0 spiro atoms. The van der Waals surface area contributed by atoms with Crippen molar-refractivity contribution >= 4 is 0 Å². The molecule has 0 amide bonds. The summed E-state index contributed by atoms with van der Waals surface area (Å²) in [5, 5.41) is 3.43. The van der Waals surface area contributed by atoms with E-state index in [4.69, 9.17) is 0 Å². The van der Waals surface area contributed by atoms with Crippen LogP contribution in [0.15, 0.2) is 30.6 Å². The third-order valence-corrected chi connectivity index (χ3v) is 2.63. The van der Waals surface area contributed by atoms with Crippen molar-refractivity contribution in [3.8, 4) is 0 Å². The summed E-state index contributed by atoms with van der Waals surface area (Å²) in [6, 6.07) is 6.46. The van der Waals surface area contributed by atoms with E-state index in [1.807, 2.05) is 24.5 Å². The third-order valence-electron chi connectivity index (χ3n) is 2.63. The Bertz CT molecular complexity index is 363. The summed E-state index contributed by atoms with van der Waals surface area (Å²) in [4.78, 5) is 7.68. The fourth-order valence-corrected chi connectivity index (χ4v) is 1.78. The van der Waals surface area contributed by atoms with Crippen LogP contribution in [0.4, 0.5) is 0 Å². The van der Waals surface area contributed by atoms with E-state index >= 15 is 0 Å². The standard InChI is InChI=1S/C12H17N3/c1-10-4-2-8-14-12(15-9-6-10)11-5-3-7-13-11/h2,4,6,8-9,11,13H,3,5,7H2,1H3,(H,14,15)/t11-/m0/s1. The first-order valence-electron chi connectivity index (χ1n) is 5.44. The number of aromatic amines is 1. The van der Waals surface area contributed by atoms with Crippen molar-refractivity contribution in [1.82, 2.24) is 15.3 Å². The highest BCUT2D eigenvalue weighted by Gasteiger charge is 2.16.